The summed E-state index contributed by atoms with van der Waals surface area (Å²) in [5.41, 5.74) is 1.28. The Kier molecular flexibility index (Phi) is 7.86. The Morgan fingerprint density at radius 2 is 1.41 bits per heavy atom. The van der Waals surface area contributed by atoms with Crippen LogP contribution in [0, 0.1) is 6.92 Å². The molecule has 3 aromatic rings. The maximum atomic E-state index is 13.5. The highest BCUT2D eigenvalue weighted by Gasteiger charge is 2.33. The molecule has 1 heterocycles. The van der Waals surface area contributed by atoms with Crippen molar-refractivity contribution in [3.05, 3.63) is 84.4 Å². The second-order valence-corrected chi connectivity index (χ2v) is 12.4. The molecule has 0 spiro atoms. The fourth-order valence-electron chi connectivity index (χ4n) is 4.04. The van der Waals surface area contributed by atoms with Crippen LogP contribution in [-0.4, -0.2) is 71.8 Å². The Morgan fingerprint density at radius 3 is 1.97 bits per heavy atom. The molecule has 0 N–H and O–H groups in total. The molecule has 1 amide bonds. The van der Waals surface area contributed by atoms with Gasteiger partial charge < -0.3 is 9.64 Å². The molecule has 9 nitrogen and oxygen atoms in total. The molecule has 1 aliphatic rings. The van der Waals surface area contributed by atoms with Gasteiger partial charge in [0.25, 0.3) is 10.0 Å². The van der Waals surface area contributed by atoms with E-state index in [1.54, 1.807) is 66.7 Å². The lowest BCUT2D eigenvalue weighted by Gasteiger charge is -2.35. The van der Waals surface area contributed by atoms with Crippen molar-refractivity contribution in [2.75, 3.05) is 44.1 Å². The zero-order valence-corrected chi connectivity index (χ0v) is 22.3. The summed E-state index contributed by atoms with van der Waals surface area (Å²) in [4.78, 5) is 15.0. The number of aryl methyl sites for hydroxylation is 1. The van der Waals surface area contributed by atoms with Crippen molar-refractivity contribution in [2.24, 2.45) is 0 Å². The van der Waals surface area contributed by atoms with Crippen LogP contribution in [0.3, 0.4) is 0 Å². The molecular formula is C26H29N3O6S2. The van der Waals surface area contributed by atoms with Gasteiger partial charge in [-0.2, -0.15) is 4.31 Å². The van der Waals surface area contributed by atoms with Crippen LogP contribution in [0.4, 0.5) is 5.69 Å². The molecule has 4 rings (SSSR count). The molecule has 196 valence electrons. The van der Waals surface area contributed by atoms with Crippen molar-refractivity contribution in [1.82, 2.24) is 9.21 Å². The highest BCUT2D eigenvalue weighted by molar-refractivity contribution is 7.92. The first-order valence-corrected chi connectivity index (χ1v) is 14.6. The number of anilines is 1. The van der Waals surface area contributed by atoms with E-state index in [0.29, 0.717) is 11.4 Å². The van der Waals surface area contributed by atoms with E-state index in [2.05, 4.69) is 0 Å². The molecular weight excluding hydrogens is 514 g/mol. The highest BCUT2D eigenvalue weighted by atomic mass is 32.2. The SMILES string of the molecule is COc1ccc(N(CC(=O)N2CCN(S(=O)(=O)c3ccc(C)cc3)CC2)S(=O)(=O)c2ccccc2)cc1. The molecule has 37 heavy (non-hydrogen) atoms. The highest BCUT2D eigenvalue weighted by Crippen LogP contribution is 2.26. The van der Waals surface area contributed by atoms with Crippen molar-refractivity contribution >= 4 is 31.6 Å². The number of carbonyl (C=O) groups excluding carboxylic acids is 1. The predicted octanol–water partition coefficient (Wildman–Crippen LogP) is 2.73. The number of piperazine rings is 1. The average Bonchev–Trinajstić information content (AvgIpc) is 2.92. The third kappa shape index (κ3) is 5.79. The minimum absolute atomic E-state index is 0.0626. The topological polar surface area (TPSA) is 104 Å². The molecule has 3 aromatic carbocycles. The predicted molar refractivity (Wildman–Crippen MR) is 140 cm³/mol. The smallest absolute Gasteiger partial charge is 0.264 e. The Bertz CT molecular complexity index is 1430. The number of ether oxygens (including phenoxy) is 1. The maximum absolute atomic E-state index is 13.5. The summed E-state index contributed by atoms with van der Waals surface area (Å²) in [6.45, 7) is 2.02. The minimum atomic E-state index is -4.04. The van der Waals surface area contributed by atoms with E-state index < -0.39 is 32.5 Å². The molecule has 0 unspecified atom stereocenters. The summed E-state index contributed by atoms with van der Waals surface area (Å²) < 4.78 is 60.6. The molecule has 0 bridgehead atoms. The molecule has 0 saturated carbocycles. The van der Waals surface area contributed by atoms with Gasteiger partial charge in [-0.25, -0.2) is 16.8 Å². The van der Waals surface area contributed by atoms with Crippen LogP contribution in [0.15, 0.2) is 88.7 Å². The van der Waals surface area contributed by atoms with Gasteiger partial charge in [0.15, 0.2) is 0 Å². The number of hydrogen-bond acceptors (Lipinski definition) is 6. The Labute approximate surface area is 218 Å². The first-order valence-electron chi connectivity index (χ1n) is 11.7. The van der Waals surface area contributed by atoms with Gasteiger partial charge in [-0.05, 0) is 55.5 Å². The van der Waals surface area contributed by atoms with Gasteiger partial charge in [0, 0.05) is 26.2 Å². The van der Waals surface area contributed by atoms with E-state index in [0.717, 1.165) is 9.87 Å². The van der Waals surface area contributed by atoms with Crippen LogP contribution in [-0.2, 0) is 24.8 Å². The summed E-state index contributed by atoms with van der Waals surface area (Å²) in [6.07, 6.45) is 0. The van der Waals surface area contributed by atoms with Gasteiger partial charge in [0.05, 0.1) is 22.6 Å². The molecule has 1 aliphatic heterocycles. The van der Waals surface area contributed by atoms with Crippen LogP contribution < -0.4 is 9.04 Å². The number of amides is 1. The van der Waals surface area contributed by atoms with Crippen LogP contribution in [0.1, 0.15) is 5.56 Å². The Hall–Kier alpha value is -3.41. The largest absolute Gasteiger partial charge is 0.497 e. The molecule has 0 aliphatic carbocycles. The van der Waals surface area contributed by atoms with Gasteiger partial charge in [-0.1, -0.05) is 35.9 Å². The van der Waals surface area contributed by atoms with E-state index in [4.69, 9.17) is 4.74 Å². The quantitative estimate of drug-likeness (QED) is 0.433. The minimum Gasteiger partial charge on any atom is -0.497 e. The van der Waals surface area contributed by atoms with Crippen LogP contribution >= 0.6 is 0 Å². The molecule has 0 radical (unpaired) electrons. The number of benzene rings is 3. The van der Waals surface area contributed by atoms with Gasteiger partial charge in [-0.15, -0.1) is 0 Å². The van der Waals surface area contributed by atoms with E-state index >= 15 is 0 Å². The summed E-state index contributed by atoms with van der Waals surface area (Å²) >= 11 is 0. The summed E-state index contributed by atoms with van der Waals surface area (Å²) in [7, 11) is -6.22. The van der Waals surface area contributed by atoms with E-state index in [9.17, 15) is 21.6 Å². The third-order valence-electron chi connectivity index (χ3n) is 6.22. The van der Waals surface area contributed by atoms with E-state index in [1.807, 2.05) is 6.92 Å². The summed E-state index contributed by atoms with van der Waals surface area (Å²) in [5, 5.41) is 0. The summed E-state index contributed by atoms with van der Waals surface area (Å²) in [5.74, 6) is 0.140. The van der Waals surface area contributed by atoms with Crippen molar-refractivity contribution in [3.8, 4) is 5.75 Å². The molecule has 1 saturated heterocycles. The fourth-order valence-corrected chi connectivity index (χ4v) is 6.90. The first-order chi connectivity index (χ1) is 17.6. The average molecular weight is 544 g/mol. The standard InChI is InChI=1S/C26H29N3O6S2/c1-21-8-14-25(15-9-21)36(31,32)28-18-16-27(17-19-28)26(30)20-29(22-10-12-23(35-2)13-11-22)37(33,34)24-6-4-3-5-7-24/h3-15H,16-20H2,1-2H3. The van der Waals surface area contributed by atoms with Crippen molar-refractivity contribution < 1.29 is 26.4 Å². The zero-order chi connectivity index (χ0) is 26.6. The van der Waals surface area contributed by atoms with Crippen LogP contribution in [0.25, 0.3) is 0 Å². The lowest BCUT2D eigenvalue weighted by atomic mass is 10.2. The van der Waals surface area contributed by atoms with Crippen molar-refractivity contribution in [3.63, 3.8) is 0 Å². The fraction of sp³-hybridized carbons (Fsp3) is 0.269. The monoisotopic (exact) mass is 543 g/mol. The van der Waals surface area contributed by atoms with Crippen molar-refractivity contribution in [1.29, 1.82) is 0 Å². The first kappa shape index (κ1) is 26.6. The number of methoxy groups -OCH3 is 1. The Morgan fingerprint density at radius 1 is 0.811 bits per heavy atom. The second kappa shape index (κ2) is 10.9. The number of carbonyl (C=O) groups is 1. The normalized spacial score (nSPS) is 14.8. The molecule has 11 heteroatoms. The molecule has 0 atom stereocenters. The number of rotatable bonds is 8. The van der Waals surface area contributed by atoms with E-state index in [1.165, 1.54) is 28.4 Å². The molecule has 0 aromatic heterocycles. The molecule has 1 fully saturated rings. The second-order valence-electron chi connectivity index (χ2n) is 8.62. The Balaban J connectivity index is 1.51. The lowest BCUT2D eigenvalue weighted by Crippen LogP contribution is -2.53. The number of nitrogens with zero attached hydrogens (tertiary/aromatic N) is 3. The maximum Gasteiger partial charge on any atom is 0.264 e. The van der Waals surface area contributed by atoms with Gasteiger partial charge >= 0.3 is 0 Å². The zero-order valence-electron chi connectivity index (χ0n) is 20.6. The van der Waals surface area contributed by atoms with Crippen molar-refractivity contribution in [2.45, 2.75) is 16.7 Å². The third-order valence-corrected chi connectivity index (χ3v) is 9.92. The number of sulfonamides is 2. The van der Waals surface area contributed by atoms with Crippen LogP contribution in [0.2, 0.25) is 0 Å². The van der Waals surface area contributed by atoms with Gasteiger partial charge in [-0.3, -0.25) is 9.10 Å². The summed E-state index contributed by atoms with van der Waals surface area (Å²) in [6, 6.07) is 21.0. The van der Waals surface area contributed by atoms with Gasteiger partial charge in [0.1, 0.15) is 12.3 Å². The number of hydrogen-bond donors (Lipinski definition) is 0. The van der Waals surface area contributed by atoms with Crippen LogP contribution in [0.5, 0.6) is 5.75 Å². The lowest BCUT2D eigenvalue weighted by molar-refractivity contribution is -0.130. The van der Waals surface area contributed by atoms with E-state index in [-0.39, 0.29) is 36.0 Å². The van der Waals surface area contributed by atoms with Gasteiger partial charge in [0.2, 0.25) is 15.9 Å².